The molecule has 0 aliphatic carbocycles. The molecule has 26 heavy (non-hydrogen) atoms. The smallest absolute Gasteiger partial charge is 0.267 e. The molecule has 0 amide bonds. The molecule has 0 radical (unpaired) electrons. The Balaban J connectivity index is 1.89. The molecule has 0 atom stereocenters. The average molecular weight is 338 g/mol. The lowest BCUT2D eigenvalue weighted by molar-refractivity contribution is 0.0947. The Hall–Kier alpha value is -3.46. The first kappa shape index (κ1) is 16.0. The number of benzene rings is 3. The second-order valence-corrected chi connectivity index (χ2v) is 6.22. The minimum absolute atomic E-state index is 0.133. The van der Waals surface area contributed by atoms with E-state index in [1.165, 1.54) is 4.68 Å². The van der Waals surface area contributed by atoms with Crippen LogP contribution in [0, 0.1) is 6.92 Å². The van der Waals surface area contributed by atoms with E-state index >= 15 is 0 Å². The number of hydrogen-bond acceptors (Lipinski definition) is 2. The van der Waals surface area contributed by atoms with Gasteiger partial charge in [-0.05, 0) is 24.6 Å². The van der Waals surface area contributed by atoms with Crippen molar-refractivity contribution in [2.24, 2.45) is 0 Å². The average Bonchev–Trinajstić information content (AvgIpc) is 3.14. The summed E-state index contributed by atoms with van der Waals surface area (Å²) in [5.74, 6) is -0.133. The maximum Gasteiger partial charge on any atom is 0.278 e. The molecular formula is C23H18N2O. The first-order valence-corrected chi connectivity index (χ1v) is 8.54. The van der Waals surface area contributed by atoms with Crippen LogP contribution in [0.1, 0.15) is 15.9 Å². The molecule has 1 aromatic heterocycles. The summed E-state index contributed by atoms with van der Waals surface area (Å²) in [6.07, 6.45) is 1.77. The molecular weight excluding hydrogens is 320 g/mol. The highest BCUT2D eigenvalue weighted by Crippen LogP contribution is 2.32. The molecule has 0 fully saturated rings. The van der Waals surface area contributed by atoms with E-state index in [4.69, 9.17) is 0 Å². The van der Waals surface area contributed by atoms with Gasteiger partial charge in [-0.2, -0.15) is 9.78 Å². The summed E-state index contributed by atoms with van der Waals surface area (Å²) in [7, 11) is 0. The Morgan fingerprint density at radius 3 is 1.96 bits per heavy atom. The topological polar surface area (TPSA) is 34.9 Å². The van der Waals surface area contributed by atoms with Crippen LogP contribution in [0.3, 0.4) is 0 Å². The highest BCUT2D eigenvalue weighted by Gasteiger charge is 2.20. The molecule has 0 unspecified atom stereocenters. The van der Waals surface area contributed by atoms with Gasteiger partial charge in [-0.25, -0.2) is 0 Å². The van der Waals surface area contributed by atoms with Crippen molar-refractivity contribution in [1.82, 2.24) is 9.78 Å². The van der Waals surface area contributed by atoms with Gasteiger partial charge in [0.25, 0.3) is 5.91 Å². The molecule has 3 nitrogen and oxygen atoms in total. The molecule has 0 N–H and O–H groups in total. The van der Waals surface area contributed by atoms with Gasteiger partial charge in [0.2, 0.25) is 0 Å². The van der Waals surface area contributed by atoms with Crippen molar-refractivity contribution in [3.8, 4) is 22.4 Å². The van der Waals surface area contributed by atoms with E-state index in [0.29, 0.717) is 5.56 Å². The quantitative estimate of drug-likeness (QED) is 0.514. The van der Waals surface area contributed by atoms with Crippen LogP contribution in [-0.4, -0.2) is 15.7 Å². The fourth-order valence-corrected chi connectivity index (χ4v) is 3.02. The lowest BCUT2D eigenvalue weighted by atomic mass is 10.0. The summed E-state index contributed by atoms with van der Waals surface area (Å²) in [5.41, 5.74) is 5.49. The molecule has 0 aliphatic heterocycles. The summed E-state index contributed by atoms with van der Waals surface area (Å²) in [6.45, 7) is 2.01. The zero-order valence-electron chi connectivity index (χ0n) is 14.5. The van der Waals surface area contributed by atoms with Crippen LogP contribution in [0.25, 0.3) is 22.4 Å². The van der Waals surface area contributed by atoms with Crippen LogP contribution in [0.15, 0.2) is 91.1 Å². The van der Waals surface area contributed by atoms with E-state index in [9.17, 15) is 4.79 Å². The number of aromatic nitrogens is 2. The maximum absolute atomic E-state index is 13.1. The summed E-state index contributed by atoms with van der Waals surface area (Å²) < 4.78 is 1.50. The maximum atomic E-state index is 13.1. The first-order chi connectivity index (χ1) is 12.7. The Bertz CT molecular complexity index is 1030. The van der Waals surface area contributed by atoms with Crippen molar-refractivity contribution in [1.29, 1.82) is 0 Å². The van der Waals surface area contributed by atoms with E-state index in [0.717, 1.165) is 27.9 Å². The Kier molecular flexibility index (Phi) is 4.20. The standard InChI is InChI=1S/C23H18N2O/c1-17-12-14-20(15-13-17)23(26)25-22(19-10-6-3-7-11-19)21(16-24-25)18-8-4-2-5-9-18/h2-16H,1H3. The van der Waals surface area contributed by atoms with Crippen LogP contribution >= 0.6 is 0 Å². The number of nitrogens with zero attached hydrogens (tertiary/aromatic N) is 2. The van der Waals surface area contributed by atoms with E-state index in [-0.39, 0.29) is 5.91 Å². The number of hydrogen-bond donors (Lipinski definition) is 0. The van der Waals surface area contributed by atoms with Crippen molar-refractivity contribution < 1.29 is 4.79 Å². The number of carbonyl (C=O) groups is 1. The van der Waals surface area contributed by atoms with Gasteiger partial charge in [0.15, 0.2) is 0 Å². The van der Waals surface area contributed by atoms with Crippen molar-refractivity contribution in [3.05, 3.63) is 102 Å². The van der Waals surface area contributed by atoms with Gasteiger partial charge in [0, 0.05) is 16.7 Å². The van der Waals surface area contributed by atoms with E-state index in [2.05, 4.69) is 5.10 Å². The molecule has 3 heteroatoms. The monoisotopic (exact) mass is 338 g/mol. The third kappa shape index (κ3) is 2.95. The molecule has 0 aliphatic rings. The number of rotatable bonds is 3. The van der Waals surface area contributed by atoms with Gasteiger partial charge < -0.3 is 0 Å². The van der Waals surface area contributed by atoms with Gasteiger partial charge in [-0.15, -0.1) is 0 Å². The minimum Gasteiger partial charge on any atom is -0.267 e. The van der Waals surface area contributed by atoms with Crippen molar-refractivity contribution >= 4 is 5.91 Å². The molecule has 4 aromatic rings. The Morgan fingerprint density at radius 1 is 0.769 bits per heavy atom. The zero-order chi connectivity index (χ0) is 17.9. The summed E-state index contributed by atoms with van der Waals surface area (Å²) in [4.78, 5) is 13.1. The summed E-state index contributed by atoms with van der Waals surface area (Å²) in [6, 6.07) is 27.5. The molecule has 4 rings (SSSR count). The molecule has 1 heterocycles. The van der Waals surface area contributed by atoms with Gasteiger partial charge in [0.05, 0.1) is 11.9 Å². The predicted octanol–water partition coefficient (Wildman–Crippen LogP) is 5.21. The van der Waals surface area contributed by atoms with Gasteiger partial charge >= 0.3 is 0 Å². The van der Waals surface area contributed by atoms with Crippen molar-refractivity contribution in [3.63, 3.8) is 0 Å². The van der Waals surface area contributed by atoms with Crippen LogP contribution < -0.4 is 0 Å². The normalized spacial score (nSPS) is 10.7. The lowest BCUT2D eigenvalue weighted by Crippen LogP contribution is -2.15. The fourth-order valence-electron chi connectivity index (χ4n) is 3.02. The minimum atomic E-state index is -0.133. The van der Waals surface area contributed by atoms with E-state index in [1.54, 1.807) is 6.20 Å². The SMILES string of the molecule is Cc1ccc(C(=O)n2ncc(-c3ccccc3)c2-c2ccccc2)cc1. The lowest BCUT2D eigenvalue weighted by Gasteiger charge is -2.10. The Morgan fingerprint density at radius 2 is 1.35 bits per heavy atom. The van der Waals surface area contributed by atoms with Crippen LogP contribution in [0.2, 0.25) is 0 Å². The molecule has 3 aromatic carbocycles. The zero-order valence-corrected chi connectivity index (χ0v) is 14.5. The highest BCUT2D eigenvalue weighted by atomic mass is 16.2. The predicted molar refractivity (Wildman–Crippen MR) is 104 cm³/mol. The molecule has 0 saturated carbocycles. The third-order valence-corrected chi connectivity index (χ3v) is 4.39. The van der Waals surface area contributed by atoms with Crippen molar-refractivity contribution in [2.75, 3.05) is 0 Å². The largest absolute Gasteiger partial charge is 0.278 e. The fraction of sp³-hybridized carbons (Fsp3) is 0.0435. The van der Waals surface area contributed by atoms with E-state index < -0.39 is 0 Å². The van der Waals surface area contributed by atoms with Gasteiger partial charge in [-0.1, -0.05) is 78.4 Å². The van der Waals surface area contributed by atoms with Crippen molar-refractivity contribution in [2.45, 2.75) is 6.92 Å². The molecule has 0 bridgehead atoms. The van der Waals surface area contributed by atoms with Gasteiger partial charge in [0.1, 0.15) is 0 Å². The van der Waals surface area contributed by atoms with Crippen LogP contribution in [0.4, 0.5) is 0 Å². The third-order valence-electron chi connectivity index (χ3n) is 4.39. The van der Waals surface area contributed by atoms with E-state index in [1.807, 2.05) is 91.9 Å². The number of carbonyl (C=O) groups excluding carboxylic acids is 1. The summed E-state index contributed by atoms with van der Waals surface area (Å²) in [5, 5.41) is 4.43. The Labute approximate surface area is 152 Å². The molecule has 126 valence electrons. The second-order valence-electron chi connectivity index (χ2n) is 6.22. The molecule has 0 spiro atoms. The summed E-state index contributed by atoms with van der Waals surface area (Å²) >= 11 is 0. The van der Waals surface area contributed by atoms with Crippen LogP contribution in [-0.2, 0) is 0 Å². The molecule has 0 saturated heterocycles. The van der Waals surface area contributed by atoms with Crippen LogP contribution in [0.5, 0.6) is 0 Å². The van der Waals surface area contributed by atoms with Gasteiger partial charge in [-0.3, -0.25) is 4.79 Å². The first-order valence-electron chi connectivity index (χ1n) is 8.54. The highest BCUT2D eigenvalue weighted by molar-refractivity contribution is 6.00. The number of aryl methyl sites for hydroxylation is 1. The second kappa shape index (κ2) is 6.81.